The van der Waals surface area contributed by atoms with Crippen molar-refractivity contribution in [2.75, 3.05) is 26.8 Å². The molecule has 2 heteroatoms. The third kappa shape index (κ3) is 7.92. The molecule has 0 aliphatic carbocycles. The predicted molar refractivity (Wildman–Crippen MR) is 39.6 cm³/mol. The number of nitrogens with one attached hydrogen (secondary N) is 1. The highest BCUT2D eigenvalue weighted by molar-refractivity contribution is 4.40. The van der Waals surface area contributed by atoms with Crippen LogP contribution in [0.15, 0.2) is 0 Å². The lowest BCUT2D eigenvalue weighted by Gasteiger charge is -2.04. The molecule has 0 bridgehead atoms. The predicted octanol–water partition coefficient (Wildman–Crippen LogP) is 0.878. The van der Waals surface area contributed by atoms with Crippen LogP contribution in [0.3, 0.4) is 0 Å². The van der Waals surface area contributed by atoms with Crippen LogP contribution in [-0.2, 0) is 4.74 Å². The standard InChI is InChI=1S/C7H17NO/c1-7(2)6-9-5-4-8-3/h7-8H,4-6H2,1-3H3. The summed E-state index contributed by atoms with van der Waals surface area (Å²) in [5, 5.41) is 3.02. The Morgan fingerprint density at radius 3 is 2.56 bits per heavy atom. The zero-order chi connectivity index (χ0) is 7.11. The van der Waals surface area contributed by atoms with E-state index in [9.17, 15) is 0 Å². The molecule has 0 spiro atoms. The van der Waals surface area contributed by atoms with Crippen molar-refractivity contribution >= 4 is 0 Å². The maximum Gasteiger partial charge on any atom is 0.0590 e. The Labute approximate surface area is 57.6 Å². The van der Waals surface area contributed by atoms with E-state index in [2.05, 4.69) is 19.2 Å². The fourth-order valence-electron chi connectivity index (χ4n) is 0.493. The minimum atomic E-state index is 0.654. The van der Waals surface area contributed by atoms with E-state index in [1.54, 1.807) is 0 Å². The zero-order valence-corrected chi connectivity index (χ0v) is 6.61. The molecule has 0 heterocycles. The first-order chi connectivity index (χ1) is 4.27. The van der Waals surface area contributed by atoms with E-state index >= 15 is 0 Å². The van der Waals surface area contributed by atoms with Gasteiger partial charge in [0.15, 0.2) is 0 Å². The molecule has 0 aromatic carbocycles. The average Bonchev–Trinajstić information content (AvgIpc) is 1.80. The van der Waals surface area contributed by atoms with E-state index in [-0.39, 0.29) is 0 Å². The molecule has 0 aromatic heterocycles. The lowest BCUT2D eigenvalue weighted by molar-refractivity contribution is 0.113. The minimum absolute atomic E-state index is 0.654. The fourth-order valence-corrected chi connectivity index (χ4v) is 0.493. The van der Waals surface area contributed by atoms with Gasteiger partial charge < -0.3 is 10.1 Å². The summed E-state index contributed by atoms with van der Waals surface area (Å²) in [6.45, 7) is 6.96. The van der Waals surface area contributed by atoms with Crippen molar-refractivity contribution in [3.63, 3.8) is 0 Å². The third-order valence-corrected chi connectivity index (χ3v) is 0.948. The van der Waals surface area contributed by atoms with E-state index in [1.165, 1.54) is 0 Å². The van der Waals surface area contributed by atoms with Gasteiger partial charge in [0, 0.05) is 13.2 Å². The molecule has 0 aromatic rings. The van der Waals surface area contributed by atoms with Gasteiger partial charge >= 0.3 is 0 Å². The summed E-state index contributed by atoms with van der Waals surface area (Å²) in [7, 11) is 1.93. The van der Waals surface area contributed by atoms with E-state index in [0.29, 0.717) is 5.92 Å². The Kier molecular flexibility index (Phi) is 5.99. The largest absolute Gasteiger partial charge is 0.380 e. The van der Waals surface area contributed by atoms with Crippen LogP contribution in [0.1, 0.15) is 13.8 Å². The van der Waals surface area contributed by atoms with Gasteiger partial charge in [-0.15, -0.1) is 0 Å². The quantitative estimate of drug-likeness (QED) is 0.559. The summed E-state index contributed by atoms with van der Waals surface area (Å²) in [5.41, 5.74) is 0. The van der Waals surface area contributed by atoms with Crippen molar-refractivity contribution in [3.05, 3.63) is 0 Å². The maximum absolute atomic E-state index is 5.27. The summed E-state index contributed by atoms with van der Waals surface area (Å²) >= 11 is 0. The summed E-state index contributed by atoms with van der Waals surface area (Å²) in [5.74, 6) is 0.654. The van der Waals surface area contributed by atoms with Gasteiger partial charge in [0.1, 0.15) is 0 Å². The molecule has 2 nitrogen and oxygen atoms in total. The Balaban J connectivity index is 2.75. The topological polar surface area (TPSA) is 21.3 Å². The second-order valence-electron chi connectivity index (χ2n) is 2.57. The Bertz CT molecular complexity index is 54.9. The fraction of sp³-hybridized carbons (Fsp3) is 1.00. The summed E-state index contributed by atoms with van der Waals surface area (Å²) in [6, 6.07) is 0. The van der Waals surface area contributed by atoms with Crippen molar-refractivity contribution in [1.82, 2.24) is 5.32 Å². The second-order valence-corrected chi connectivity index (χ2v) is 2.57. The van der Waals surface area contributed by atoms with E-state index in [4.69, 9.17) is 4.74 Å². The molecule has 0 saturated carbocycles. The molecule has 1 N–H and O–H groups in total. The minimum Gasteiger partial charge on any atom is -0.380 e. The van der Waals surface area contributed by atoms with Crippen LogP contribution in [0, 0.1) is 5.92 Å². The molecular weight excluding hydrogens is 114 g/mol. The molecule has 9 heavy (non-hydrogen) atoms. The number of likely N-dealkylation sites (N-methyl/N-ethyl adjacent to an activating group) is 1. The Hall–Kier alpha value is -0.0800. The lowest BCUT2D eigenvalue weighted by Crippen LogP contribution is -2.15. The van der Waals surface area contributed by atoms with Gasteiger partial charge in [-0.1, -0.05) is 13.8 Å². The molecule has 0 amide bonds. The first-order valence-corrected chi connectivity index (χ1v) is 3.49. The van der Waals surface area contributed by atoms with E-state index in [1.807, 2.05) is 7.05 Å². The summed E-state index contributed by atoms with van der Waals surface area (Å²) in [4.78, 5) is 0. The molecule has 0 rings (SSSR count). The van der Waals surface area contributed by atoms with Crippen molar-refractivity contribution in [1.29, 1.82) is 0 Å². The first kappa shape index (κ1) is 8.92. The molecule has 0 saturated heterocycles. The van der Waals surface area contributed by atoms with Gasteiger partial charge in [-0.25, -0.2) is 0 Å². The monoisotopic (exact) mass is 131 g/mol. The van der Waals surface area contributed by atoms with Crippen molar-refractivity contribution in [2.45, 2.75) is 13.8 Å². The first-order valence-electron chi connectivity index (χ1n) is 3.49. The SMILES string of the molecule is CNCCOCC(C)C. The maximum atomic E-state index is 5.27. The van der Waals surface area contributed by atoms with Gasteiger partial charge in [0.25, 0.3) is 0 Å². The second kappa shape index (κ2) is 6.05. The van der Waals surface area contributed by atoms with Crippen LogP contribution in [0.5, 0.6) is 0 Å². The number of rotatable bonds is 5. The van der Waals surface area contributed by atoms with E-state index < -0.39 is 0 Å². The highest BCUT2D eigenvalue weighted by atomic mass is 16.5. The molecule has 0 aliphatic rings. The normalized spacial score (nSPS) is 10.7. The van der Waals surface area contributed by atoms with Crippen molar-refractivity contribution < 1.29 is 4.74 Å². The van der Waals surface area contributed by atoms with E-state index in [0.717, 1.165) is 19.8 Å². The molecule has 0 atom stereocenters. The lowest BCUT2D eigenvalue weighted by atomic mass is 10.2. The van der Waals surface area contributed by atoms with Crippen LogP contribution in [0.2, 0.25) is 0 Å². The summed E-state index contributed by atoms with van der Waals surface area (Å²) in [6.07, 6.45) is 0. The van der Waals surface area contributed by atoms with Crippen LogP contribution in [0.25, 0.3) is 0 Å². The molecule has 56 valence electrons. The third-order valence-electron chi connectivity index (χ3n) is 0.948. The number of ether oxygens (including phenoxy) is 1. The zero-order valence-electron chi connectivity index (χ0n) is 6.61. The molecule has 0 radical (unpaired) electrons. The Morgan fingerprint density at radius 2 is 2.11 bits per heavy atom. The molecule has 0 unspecified atom stereocenters. The highest BCUT2D eigenvalue weighted by Gasteiger charge is 1.90. The van der Waals surface area contributed by atoms with Gasteiger partial charge in [-0.2, -0.15) is 0 Å². The highest BCUT2D eigenvalue weighted by Crippen LogP contribution is 1.90. The summed E-state index contributed by atoms with van der Waals surface area (Å²) < 4.78 is 5.27. The van der Waals surface area contributed by atoms with Crippen LogP contribution < -0.4 is 5.32 Å². The van der Waals surface area contributed by atoms with Gasteiger partial charge in [0.2, 0.25) is 0 Å². The molecule has 0 aliphatic heterocycles. The van der Waals surface area contributed by atoms with Gasteiger partial charge in [0.05, 0.1) is 6.61 Å². The smallest absolute Gasteiger partial charge is 0.0590 e. The molecular formula is C7H17NO. The average molecular weight is 131 g/mol. The van der Waals surface area contributed by atoms with Crippen molar-refractivity contribution in [2.24, 2.45) is 5.92 Å². The van der Waals surface area contributed by atoms with Crippen LogP contribution in [-0.4, -0.2) is 26.8 Å². The van der Waals surface area contributed by atoms with Crippen LogP contribution >= 0.6 is 0 Å². The van der Waals surface area contributed by atoms with Crippen molar-refractivity contribution in [3.8, 4) is 0 Å². The number of hydrogen-bond donors (Lipinski definition) is 1. The van der Waals surface area contributed by atoms with Crippen LogP contribution in [0.4, 0.5) is 0 Å². The number of hydrogen-bond acceptors (Lipinski definition) is 2. The Morgan fingerprint density at radius 1 is 1.44 bits per heavy atom. The van der Waals surface area contributed by atoms with Gasteiger partial charge in [-0.05, 0) is 13.0 Å². The molecule has 0 fully saturated rings. The van der Waals surface area contributed by atoms with Gasteiger partial charge in [-0.3, -0.25) is 0 Å².